The molecule has 2 aliphatic rings. The first-order valence-corrected chi connectivity index (χ1v) is 10.6. The summed E-state index contributed by atoms with van der Waals surface area (Å²) in [6.07, 6.45) is 9.25. The molecular formula is C20H29N3O2S. The van der Waals surface area contributed by atoms with Crippen molar-refractivity contribution in [1.82, 2.24) is 15.3 Å². The van der Waals surface area contributed by atoms with E-state index >= 15 is 0 Å². The summed E-state index contributed by atoms with van der Waals surface area (Å²) in [5, 5.41) is 14.8. The Morgan fingerprint density at radius 3 is 2.69 bits per heavy atom. The van der Waals surface area contributed by atoms with Gasteiger partial charge in [0.1, 0.15) is 17.3 Å². The SMILES string of the molecule is CNC1CCC(Oc2ncnc3sc4c(c23)C(CC(C)(C)O)CC4)CC1. The van der Waals surface area contributed by atoms with E-state index in [0.717, 1.165) is 61.0 Å². The maximum Gasteiger partial charge on any atom is 0.225 e. The van der Waals surface area contributed by atoms with E-state index in [9.17, 15) is 5.11 Å². The summed E-state index contributed by atoms with van der Waals surface area (Å²) in [5.41, 5.74) is 0.676. The van der Waals surface area contributed by atoms with Crippen molar-refractivity contribution in [3.8, 4) is 5.88 Å². The van der Waals surface area contributed by atoms with Gasteiger partial charge in [0.05, 0.1) is 11.0 Å². The number of fused-ring (bicyclic) bond motifs is 3. The molecule has 5 nitrogen and oxygen atoms in total. The second-order valence-corrected chi connectivity index (χ2v) is 9.51. The maximum atomic E-state index is 10.3. The van der Waals surface area contributed by atoms with E-state index in [1.165, 1.54) is 10.4 Å². The molecule has 0 aliphatic heterocycles. The average Bonchev–Trinajstić information content (AvgIpc) is 3.14. The van der Waals surface area contributed by atoms with Crippen LogP contribution in [0.3, 0.4) is 0 Å². The molecule has 0 radical (unpaired) electrons. The number of aryl methyl sites for hydroxylation is 1. The second-order valence-electron chi connectivity index (χ2n) is 8.43. The molecule has 1 unspecified atom stereocenters. The van der Waals surface area contributed by atoms with Crippen molar-refractivity contribution in [2.45, 2.75) is 82.5 Å². The number of nitrogens with zero attached hydrogens (tertiary/aromatic N) is 2. The summed E-state index contributed by atoms with van der Waals surface area (Å²) in [6.45, 7) is 3.79. The predicted molar refractivity (Wildman–Crippen MR) is 105 cm³/mol. The van der Waals surface area contributed by atoms with E-state index in [4.69, 9.17) is 4.74 Å². The van der Waals surface area contributed by atoms with E-state index in [1.807, 2.05) is 20.9 Å². The largest absolute Gasteiger partial charge is 0.474 e. The highest BCUT2D eigenvalue weighted by Gasteiger charge is 2.33. The van der Waals surface area contributed by atoms with Gasteiger partial charge in [-0.15, -0.1) is 11.3 Å². The summed E-state index contributed by atoms with van der Waals surface area (Å²) >= 11 is 1.77. The lowest BCUT2D eigenvalue weighted by Gasteiger charge is -2.28. The lowest BCUT2D eigenvalue weighted by atomic mass is 9.89. The van der Waals surface area contributed by atoms with Crippen molar-refractivity contribution in [2.75, 3.05) is 7.05 Å². The lowest BCUT2D eigenvalue weighted by molar-refractivity contribution is 0.0631. The number of hydrogen-bond donors (Lipinski definition) is 2. The van der Waals surface area contributed by atoms with Gasteiger partial charge in [0.15, 0.2) is 0 Å². The summed E-state index contributed by atoms with van der Waals surface area (Å²) in [5.74, 6) is 1.12. The van der Waals surface area contributed by atoms with Crippen molar-refractivity contribution >= 4 is 21.6 Å². The van der Waals surface area contributed by atoms with Crippen molar-refractivity contribution in [1.29, 1.82) is 0 Å². The number of thiophene rings is 1. The van der Waals surface area contributed by atoms with Crippen LogP contribution < -0.4 is 10.1 Å². The Balaban J connectivity index is 1.62. The van der Waals surface area contributed by atoms with Crippen LogP contribution in [0.15, 0.2) is 6.33 Å². The number of hydrogen-bond acceptors (Lipinski definition) is 6. The Morgan fingerprint density at radius 2 is 2.00 bits per heavy atom. The van der Waals surface area contributed by atoms with Gasteiger partial charge in [-0.05, 0) is 77.3 Å². The van der Waals surface area contributed by atoms with Crippen LogP contribution in [-0.4, -0.2) is 39.9 Å². The molecule has 2 aliphatic carbocycles. The summed E-state index contributed by atoms with van der Waals surface area (Å²) in [7, 11) is 2.04. The minimum Gasteiger partial charge on any atom is -0.474 e. The molecule has 2 heterocycles. The minimum absolute atomic E-state index is 0.238. The van der Waals surface area contributed by atoms with E-state index in [1.54, 1.807) is 17.7 Å². The first-order chi connectivity index (χ1) is 12.4. The van der Waals surface area contributed by atoms with Gasteiger partial charge in [0.25, 0.3) is 0 Å². The molecule has 6 heteroatoms. The summed E-state index contributed by atoms with van der Waals surface area (Å²) in [4.78, 5) is 11.5. The first kappa shape index (κ1) is 18.1. The third kappa shape index (κ3) is 3.59. The Labute approximate surface area is 159 Å². The second kappa shape index (κ2) is 7.06. The molecule has 0 amide bonds. The minimum atomic E-state index is -0.664. The van der Waals surface area contributed by atoms with Crippen molar-refractivity contribution in [2.24, 2.45) is 0 Å². The molecule has 0 bridgehead atoms. The smallest absolute Gasteiger partial charge is 0.225 e. The number of aromatic nitrogens is 2. The zero-order valence-corrected chi connectivity index (χ0v) is 16.7. The molecular weight excluding hydrogens is 346 g/mol. The fraction of sp³-hybridized carbons (Fsp3) is 0.700. The summed E-state index contributed by atoms with van der Waals surface area (Å²) < 4.78 is 6.39. The number of aliphatic hydroxyl groups is 1. The quantitative estimate of drug-likeness (QED) is 0.832. The number of nitrogens with one attached hydrogen (secondary N) is 1. The lowest BCUT2D eigenvalue weighted by Crippen LogP contribution is -2.34. The average molecular weight is 376 g/mol. The predicted octanol–water partition coefficient (Wildman–Crippen LogP) is 3.79. The van der Waals surface area contributed by atoms with Crippen LogP contribution >= 0.6 is 11.3 Å². The van der Waals surface area contributed by atoms with Crippen LogP contribution in [-0.2, 0) is 6.42 Å². The van der Waals surface area contributed by atoms with E-state index < -0.39 is 5.60 Å². The maximum absolute atomic E-state index is 10.3. The topological polar surface area (TPSA) is 67.3 Å². The molecule has 1 fully saturated rings. The van der Waals surface area contributed by atoms with Crippen molar-refractivity contribution in [3.05, 3.63) is 16.8 Å². The standard InChI is InChI=1S/C20H29N3O2S/c1-20(2,24)10-12-4-9-15-16(12)17-18(22-11-23-19(17)26-15)25-14-7-5-13(21-3)6-8-14/h11-14,21,24H,4-10H2,1-3H3. The number of ether oxygens (including phenoxy) is 1. The van der Waals surface area contributed by atoms with Gasteiger partial charge in [-0.2, -0.15) is 0 Å². The van der Waals surface area contributed by atoms with Gasteiger partial charge in [-0.3, -0.25) is 0 Å². The van der Waals surface area contributed by atoms with Crippen molar-refractivity contribution in [3.63, 3.8) is 0 Å². The highest BCUT2D eigenvalue weighted by Crippen LogP contribution is 2.48. The molecule has 2 aromatic heterocycles. The molecule has 26 heavy (non-hydrogen) atoms. The van der Waals surface area contributed by atoms with Crippen LogP contribution in [0, 0.1) is 0 Å². The molecule has 0 aromatic carbocycles. The Bertz CT molecular complexity index is 775. The van der Waals surface area contributed by atoms with Crippen LogP contribution in [0.5, 0.6) is 5.88 Å². The molecule has 4 rings (SSSR count). The molecule has 1 atom stereocenters. The molecule has 142 valence electrons. The van der Waals surface area contributed by atoms with Gasteiger partial charge in [-0.1, -0.05) is 0 Å². The van der Waals surface area contributed by atoms with Gasteiger partial charge in [0.2, 0.25) is 5.88 Å². The normalized spacial score (nSPS) is 26.2. The highest BCUT2D eigenvalue weighted by atomic mass is 32.1. The van der Waals surface area contributed by atoms with Crippen molar-refractivity contribution < 1.29 is 9.84 Å². The molecule has 0 saturated heterocycles. The zero-order chi connectivity index (χ0) is 18.3. The number of rotatable bonds is 5. The van der Waals surface area contributed by atoms with Gasteiger partial charge >= 0.3 is 0 Å². The third-order valence-electron chi connectivity index (χ3n) is 5.80. The van der Waals surface area contributed by atoms with E-state index in [-0.39, 0.29) is 6.10 Å². The van der Waals surface area contributed by atoms with Crippen LogP contribution in [0.25, 0.3) is 10.2 Å². The first-order valence-electron chi connectivity index (χ1n) is 9.77. The van der Waals surface area contributed by atoms with Gasteiger partial charge in [0, 0.05) is 10.9 Å². The zero-order valence-electron chi connectivity index (χ0n) is 15.9. The van der Waals surface area contributed by atoms with Crippen LogP contribution in [0.4, 0.5) is 0 Å². The Morgan fingerprint density at radius 1 is 1.23 bits per heavy atom. The van der Waals surface area contributed by atoms with E-state index in [0.29, 0.717) is 12.0 Å². The van der Waals surface area contributed by atoms with Gasteiger partial charge in [-0.25, -0.2) is 9.97 Å². The van der Waals surface area contributed by atoms with E-state index in [2.05, 4.69) is 15.3 Å². The fourth-order valence-corrected chi connectivity index (χ4v) is 5.80. The van der Waals surface area contributed by atoms with Crippen LogP contribution in [0.2, 0.25) is 0 Å². The monoisotopic (exact) mass is 375 g/mol. The Kier molecular flexibility index (Phi) is 4.92. The Hall–Kier alpha value is -1.24. The molecule has 1 saturated carbocycles. The van der Waals surface area contributed by atoms with Crippen LogP contribution in [0.1, 0.15) is 68.7 Å². The third-order valence-corrected chi connectivity index (χ3v) is 6.98. The summed E-state index contributed by atoms with van der Waals surface area (Å²) in [6, 6.07) is 0.613. The molecule has 2 aromatic rings. The molecule has 0 spiro atoms. The van der Waals surface area contributed by atoms with Gasteiger partial charge < -0.3 is 15.2 Å². The highest BCUT2D eigenvalue weighted by molar-refractivity contribution is 7.19. The molecule has 2 N–H and O–H groups in total. The fourth-order valence-electron chi connectivity index (χ4n) is 4.56.